The second-order valence-corrected chi connectivity index (χ2v) is 4.02. The smallest absolute Gasteiger partial charge is 0.231 e. The van der Waals surface area contributed by atoms with Gasteiger partial charge in [0.25, 0.3) is 0 Å². The minimum absolute atomic E-state index is 0.0380. The van der Waals surface area contributed by atoms with Gasteiger partial charge in [-0.2, -0.15) is 0 Å². The van der Waals surface area contributed by atoms with Gasteiger partial charge in [-0.1, -0.05) is 6.07 Å². The van der Waals surface area contributed by atoms with Crippen molar-refractivity contribution in [3.8, 4) is 11.5 Å². The summed E-state index contributed by atoms with van der Waals surface area (Å²) >= 11 is 0. The summed E-state index contributed by atoms with van der Waals surface area (Å²) in [6.45, 7) is 4.36. The first-order chi connectivity index (χ1) is 8.83. The number of benzene rings is 1. The first-order valence-electron chi connectivity index (χ1n) is 6.11. The van der Waals surface area contributed by atoms with Crippen LogP contribution < -0.4 is 15.2 Å². The van der Waals surface area contributed by atoms with E-state index in [0.29, 0.717) is 33.2 Å². The standard InChI is InChI=1S/C13H19NO4/c1-2-16-11(6-14)8-15-7-10-3-4-12-13(5-10)18-9-17-12/h3-5,11H,2,6-9,14H2,1H3. The number of rotatable bonds is 7. The summed E-state index contributed by atoms with van der Waals surface area (Å²) in [7, 11) is 0. The molecule has 100 valence electrons. The molecule has 0 amide bonds. The van der Waals surface area contributed by atoms with E-state index < -0.39 is 0 Å². The van der Waals surface area contributed by atoms with E-state index in [2.05, 4.69) is 0 Å². The van der Waals surface area contributed by atoms with Crippen LogP contribution in [0.25, 0.3) is 0 Å². The Morgan fingerprint density at radius 3 is 2.94 bits per heavy atom. The summed E-state index contributed by atoms with van der Waals surface area (Å²) in [6, 6.07) is 5.79. The minimum Gasteiger partial charge on any atom is -0.454 e. The molecule has 0 spiro atoms. The maximum atomic E-state index is 5.58. The van der Waals surface area contributed by atoms with Gasteiger partial charge < -0.3 is 24.7 Å². The van der Waals surface area contributed by atoms with E-state index in [-0.39, 0.29) is 6.10 Å². The summed E-state index contributed by atoms with van der Waals surface area (Å²) in [4.78, 5) is 0. The maximum absolute atomic E-state index is 5.58. The number of hydrogen-bond donors (Lipinski definition) is 1. The highest BCUT2D eigenvalue weighted by molar-refractivity contribution is 5.44. The van der Waals surface area contributed by atoms with Crippen LogP contribution in [-0.4, -0.2) is 32.7 Å². The average Bonchev–Trinajstić information content (AvgIpc) is 2.85. The van der Waals surface area contributed by atoms with E-state index in [9.17, 15) is 0 Å². The van der Waals surface area contributed by atoms with Crippen LogP contribution in [0.2, 0.25) is 0 Å². The maximum Gasteiger partial charge on any atom is 0.231 e. The zero-order chi connectivity index (χ0) is 12.8. The van der Waals surface area contributed by atoms with Crippen molar-refractivity contribution in [1.29, 1.82) is 0 Å². The molecule has 0 saturated heterocycles. The Morgan fingerprint density at radius 2 is 2.17 bits per heavy atom. The van der Waals surface area contributed by atoms with Gasteiger partial charge in [0.1, 0.15) is 0 Å². The molecular weight excluding hydrogens is 234 g/mol. The van der Waals surface area contributed by atoms with Crippen LogP contribution in [0.3, 0.4) is 0 Å². The summed E-state index contributed by atoms with van der Waals surface area (Å²) in [5, 5.41) is 0. The fourth-order valence-electron chi connectivity index (χ4n) is 1.76. The molecule has 5 heteroatoms. The minimum atomic E-state index is -0.0380. The van der Waals surface area contributed by atoms with E-state index >= 15 is 0 Å². The number of fused-ring (bicyclic) bond motifs is 1. The molecule has 0 saturated carbocycles. The molecule has 1 aromatic carbocycles. The molecule has 18 heavy (non-hydrogen) atoms. The quantitative estimate of drug-likeness (QED) is 0.793. The lowest BCUT2D eigenvalue weighted by atomic mass is 10.2. The topological polar surface area (TPSA) is 62.9 Å². The molecule has 1 aliphatic heterocycles. The van der Waals surface area contributed by atoms with Crippen molar-refractivity contribution in [1.82, 2.24) is 0 Å². The molecule has 0 aromatic heterocycles. The average molecular weight is 253 g/mol. The third kappa shape index (κ3) is 3.35. The molecule has 1 aliphatic rings. The SMILES string of the molecule is CCOC(CN)COCc1ccc2c(c1)OCO2. The summed E-state index contributed by atoms with van der Waals surface area (Å²) < 4.78 is 21.5. The third-order valence-electron chi connectivity index (χ3n) is 2.67. The summed E-state index contributed by atoms with van der Waals surface area (Å²) in [5.74, 6) is 1.56. The van der Waals surface area contributed by atoms with E-state index in [1.807, 2.05) is 25.1 Å². The largest absolute Gasteiger partial charge is 0.454 e. The molecule has 0 fully saturated rings. The molecule has 1 aromatic rings. The molecule has 1 heterocycles. The zero-order valence-corrected chi connectivity index (χ0v) is 10.6. The molecule has 0 aliphatic carbocycles. The predicted octanol–water partition coefficient (Wildman–Crippen LogP) is 1.30. The van der Waals surface area contributed by atoms with Crippen LogP contribution in [0.4, 0.5) is 0 Å². The van der Waals surface area contributed by atoms with Gasteiger partial charge in [-0.05, 0) is 24.6 Å². The Labute approximate surface area is 107 Å². The first-order valence-corrected chi connectivity index (χ1v) is 6.11. The van der Waals surface area contributed by atoms with Gasteiger partial charge in [-0.3, -0.25) is 0 Å². The lowest BCUT2D eigenvalue weighted by Gasteiger charge is -2.14. The highest BCUT2D eigenvalue weighted by Crippen LogP contribution is 2.32. The predicted molar refractivity (Wildman–Crippen MR) is 66.7 cm³/mol. The number of ether oxygens (including phenoxy) is 4. The van der Waals surface area contributed by atoms with Crippen molar-refractivity contribution < 1.29 is 18.9 Å². The highest BCUT2D eigenvalue weighted by atomic mass is 16.7. The van der Waals surface area contributed by atoms with Crippen LogP contribution in [0.15, 0.2) is 18.2 Å². The van der Waals surface area contributed by atoms with E-state index in [0.717, 1.165) is 17.1 Å². The van der Waals surface area contributed by atoms with Gasteiger partial charge in [0.15, 0.2) is 11.5 Å². The third-order valence-corrected chi connectivity index (χ3v) is 2.67. The Bertz CT molecular complexity index is 383. The van der Waals surface area contributed by atoms with Crippen molar-refractivity contribution in [2.75, 3.05) is 26.6 Å². The van der Waals surface area contributed by atoms with Gasteiger partial charge >= 0.3 is 0 Å². The van der Waals surface area contributed by atoms with Gasteiger partial charge in [0.05, 0.1) is 19.3 Å². The molecule has 1 atom stereocenters. The van der Waals surface area contributed by atoms with Crippen LogP contribution in [0.5, 0.6) is 11.5 Å². The van der Waals surface area contributed by atoms with Crippen molar-refractivity contribution in [2.45, 2.75) is 19.6 Å². The first kappa shape index (κ1) is 13.1. The zero-order valence-electron chi connectivity index (χ0n) is 10.6. The molecular formula is C13H19NO4. The second-order valence-electron chi connectivity index (χ2n) is 4.02. The normalized spacial score (nSPS) is 14.8. The lowest BCUT2D eigenvalue weighted by Crippen LogP contribution is -2.28. The van der Waals surface area contributed by atoms with Gasteiger partial charge in [0.2, 0.25) is 6.79 Å². The van der Waals surface area contributed by atoms with Crippen molar-refractivity contribution in [2.24, 2.45) is 5.73 Å². The summed E-state index contributed by atoms with van der Waals surface area (Å²) in [6.07, 6.45) is -0.0380. The van der Waals surface area contributed by atoms with Crippen LogP contribution >= 0.6 is 0 Å². The van der Waals surface area contributed by atoms with Gasteiger partial charge in [-0.25, -0.2) is 0 Å². The molecule has 5 nitrogen and oxygen atoms in total. The monoisotopic (exact) mass is 253 g/mol. The number of nitrogens with two attached hydrogens (primary N) is 1. The number of hydrogen-bond acceptors (Lipinski definition) is 5. The Kier molecular flexibility index (Phi) is 4.81. The van der Waals surface area contributed by atoms with Crippen molar-refractivity contribution in [3.05, 3.63) is 23.8 Å². The second kappa shape index (κ2) is 6.58. The Balaban J connectivity index is 1.79. The van der Waals surface area contributed by atoms with Crippen LogP contribution in [-0.2, 0) is 16.1 Å². The summed E-state index contributed by atoms with van der Waals surface area (Å²) in [5.41, 5.74) is 6.62. The highest BCUT2D eigenvalue weighted by Gasteiger charge is 2.13. The van der Waals surface area contributed by atoms with Crippen LogP contribution in [0.1, 0.15) is 12.5 Å². The van der Waals surface area contributed by atoms with E-state index in [4.69, 9.17) is 24.7 Å². The van der Waals surface area contributed by atoms with Crippen molar-refractivity contribution >= 4 is 0 Å². The molecule has 2 rings (SSSR count). The molecule has 0 radical (unpaired) electrons. The Morgan fingerprint density at radius 1 is 1.33 bits per heavy atom. The molecule has 1 unspecified atom stereocenters. The van der Waals surface area contributed by atoms with Crippen molar-refractivity contribution in [3.63, 3.8) is 0 Å². The molecule has 0 bridgehead atoms. The van der Waals surface area contributed by atoms with Crippen LogP contribution in [0, 0.1) is 0 Å². The van der Waals surface area contributed by atoms with Gasteiger partial charge in [0, 0.05) is 13.2 Å². The fraction of sp³-hybridized carbons (Fsp3) is 0.538. The van der Waals surface area contributed by atoms with E-state index in [1.165, 1.54) is 0 Å². The van der Waals surface area contributed by atoms with E-state index in [1.54, 1.807) is 0 Å². The van der Waals surface area contributed by atoms with Gasteiger partial charge in [-0.15, -0.1) is 0 Å². The lowest BCUT2D eigenvalue weighted by molar-refractivity contribution is -0.0120. The fourth-order valence-corrected chi connectivity index (χ4v) is 1.76. The molecule has 2 N–H and O–H groups in total. The Hall–Kier alpha value is -1.30.